The van der Waals surface area contributed by atoms with Gasteiger partial charge in [0.25, 0.3) is 0 Å². The van der Waals surface area contributed by atoms with E-state index in [0.717, 1.165) is 4.90 Å². The number of hydrogen-bond donors (Lipinski definition) is 1. The zero-order valence-electron chi connectivity index (χ0n) is 14.4. The molecule has 3 rings (SSSR count). The predicted molar refractivity (Wildman–Crippen MR) is 104 cm³/mol. The Morgan fingerprint density at radius 2 is 1.75 bits per heavy atom. The van der Waals surface area contributed by atoms with Crippen molar-refractivity contribution in [2.24, 2.45) is 5.16 Å². The molecule has 0 aromatic heterocycles. The number of oxime groups is 1. The lowest BCUT2D eigenvalue weighted by molar-refractivity contribution is -0.0598. The lowest BCUT2D eigenvalue weighted by atomic mass is 10.1. The van der Waals surface area contributed by atoms with Crippen LogP contribution in [0.15, 0.2) is 75.6 Å². The third-order valence-corrected chi connectivity index (χ3v) is 5.40. The number of halogens is 3. The van der Waals surface area contributed by atoms with Crippen LogP contribution in [0.4, 0.5) is 13.2 Å². The zero-order valence-corrected chi connectivity index (χ0v) is 16.1. The molecule has 3 aromatic carbocycles. The van der Waals surface area contributed by atoms with E-state index in [1.807, 2.05) is 6.26 Å². The van der Waals surface area contributed by atoms with Gasteiger partial charge in [0, 0.05) is 15.8 Å². The molecule has 1 unspecified atom stereocenters. The molecule has 1 N–H and O–H groups in total. The number of rotatable bonds is 5. The Hall–Kier alpha value is -2.36. The summed E-state index contributed by atoms with van der Waals surface area (Å²) >= 11 is -1.08. The fourth-order valence-corrected chi connectivity index (χ4v) is 3.65. The van der Waals surface area contributed by atoms with Crippen LogP contribution in [0.2, 0.25) is 0 Å². The van der Waals surface area contributed by atoms with Crippen LogP contribution in [-0.4, -0.2) is 26.9 Å². The molecule has 0 bridgehead atoms. The van der Waals surface area contributed by atoms with Gasteiger partial charge in [-0.3, -0.25) is 0 Å². The lowest BCUT2D eigenvalue weighted by Crippen LogP contribution is -2.25. The van der Waals surface area contributed by atoms with Gasteiger partial charge in [-0.2, -0.15) is 13.2 Å². The molecule has 0 heterocycles. The summed E-state index contributed by atoms with van der Waals surface area (Å²) in [7, 11) is 0. The number of fused-ring (bicyclic) bond motifs is 1. The average molecular weight is 425 g/mol. The Bertz CT molecular complexity index is 1050. The van der Waals surface area contributed by atoms with E-state index in [1.54, 1.807) is 42.5 Å². The first kappa shape index (κ1) is 20.4. The van der Waals surface area contributed by atoms with Crippen molar-refractivity contribution in [2.45, 2.75) is 16.0 Å². The molecule has 0 saturated heterocycles. The Kier molecular flexibility index (Phi) is 6.07. The molecule has 0 radical (unpaired) electrons. The van der Waals surface area contributed by atoms with Gasteiger partial charge in [0.1, 0.15) is 4.90 Å². The smallest absolute Gasteiger partial charge is 0.355 e. The standard InChI is InChI=1S/C19H14F3NO3S2/c1-27-14-9-6-13(7-10-14)18(19(20,21)22)23-26-16-11-8-12-4-2-3-5-15(12)17(16)28(24)25/h2-11H,1H3,(H,24,25). The van der Waals surface area contributed by atoms with Crippen molar-refractivity contribution >= 4 is 39.3 Å². The highest BCUT2D eigenvalue weighted by Crippen LogP contribution is 2.32. The Labute approximate surface area is 165 Å². The van der Waals surface area contributed by atoms with Gasteiger partial charge < -0.3 is 9.39 Å². The molecular formula is C19H14F3NO3S2. The van der Waals surface area contributed by atoms with Crippen molar-refractivity contribution in [1.82, 2.24) is 0 Å². The third-order valence-electron chi connectivity index (χ3n) is 3.89. The highest BCUT2D eigenvalue weighted by atomic mass is 32.2. The van der Waals surface area contributed by atoms with E-state index >= 15 is 0 Å². The van der Waals surface area contributed by atoms with Crippen LogP contribution < -0.4 is 4.84 Å². The Morgan fingerprint density at radius 1 is 1.07 bits per heavy atom. The first-order chi connectivity index (χ1) is 13.3. The summed E-state index contributed by atoms with van der Waals surface area (Å²) in [4.78, 5) is 5.68. The molecule has 146 valence electrons. The largest absolute Gasteiger partial charge is 0.437 e. The van der Waals surface area contributed by atoms with Crippen molar-refractivity contribution in [3.8, 4) is 5.75 Å². The van der Waals surface area contributed by atoms with E-state index in [2.05, 4.69) is 5.16 Å². The van der Waals surface area contributed by atoms with E-state index in [0.29, 0.717) is 10.8 Å². The Morgan fingerprint density at radius 3 is 2.36 bits per heavy atom. The molecule has 0 amide bonds. The number of thioether (sulfide) groups is 1. The van der Waals surface area contributed by atoms with Gasteiger partial charge in [0.05, 0.1) is 0 Å². The summed E-state index contributed by atoms with van der Waals surface area (Å²) in [5, 5.41) is 4.33. The van der Waals surface area contributed by atoms with Crippen LogP contribution in [0.1, 0.15) is 5.56 Å². The normalized spacial score (nSPS) is 13.5. The number of nitrogens with zero attached hydrogens (tertiary/aromatic N) is 1. The third kappa shape index (κ3) is 4.37. The van der Waals surface area contributed by atoms with Gasteiger partial charge in [-0.05, 0) is 29.8 Å². The van der Waals surface area contributed by atoms with Crippen molar-refractivity contribution in [2.75, 3.05) is 6.26 Å². The topological polar surface area (TPSA) is 58.9 Å². The molecule has 0 aliphatic rings. The summed E-state index contributed by atoms with van der Waals surface area (Å²) < 4.78 is 61.8. The second kappa shape index (κ2) is 8.34. The van der Waals surface area contributed by atoms with Crippen LogP contribution in [-0.2, 0) is 11.1 Å². The molecule has 0 aliphatic carbocycles. The van der Waals surface area contributed by atoms with Gasteiger partial charge in [0.15, 0.2) is 22.5 Å². The molecule has 28 heavy (non-hydrogen) atoms. The Balaban J connectivity index is 2.05. The van der Waals surface area contributed by atoms with E-state index in [-0.39, 0.29) is 16.2 Å². The molecule has 0 aliphatic heterocycles. The lowest BCUT2D eigenvalue weighted by Gasteiger charge is -2.12. The fourth-order valence-electron chi connectivity index (χ4n) is 2.59. The summed E-state index contributed by atoms with van der Waals surface area (Å²) in [5.74, 6) is -0.220. The highest BCUT2D eigenvalue weighted by molar-refractivity contribution is 7.98. The van der Waals surface area contributed by atoms with E-state index in [1.165, 1.54) is 30.0 Å². The molecule has 4 nitrogen and oxygen atoms in total. The maximum atomic E-state index is 13.5. The van der Waals surface area contributed by atoms with Gasteiger partial charge in [-0.1, -0.05) is 47.6 Å². The first-order valence-corrected chi connectivity index (χ1v) is 10.2. The minimum absolute atomic E-state index is 0.138. The SMILES string of the molecule is CSc1ccc(C(=NOc2ccc3ccccc3c2S(=O)O)C(F)(F)F)cc1. The molecule has 0 saturated carbocycles. The van der Waals surface area contributed by atoms with E-state index in [4.69, 9.17) is 4.84 Å². The highest BCUT2D eigenvalue weighted by Gasteiger charge is 2.38. The van der Waals surface area contributed by atoms with Crippen molar-refractivity contribution in [3.63, 3.8) is 0 Å². The van der Waals surface area contributed by atoms with Crippen LogP contribution >= 0.6 is 11.8 Å². The average Bonchev–Trinajstić information content (AvgIpc) is 2.67. The van der Waals surface area contributed by atoms with Crippen LogP contribution in [0.5, 0.6) is 5.75 Å². The molecule has 1 atom stereocenters. The van der Waals surface area contributed by atoms with Crippen molar-refractivity contribution < 1.29 is 26.8 Å². The summed E-state index contributed by atoms with van der Waals surface area (Å²) in [6.45, 7) is 0. The van der Waals surface area contributed by atoms with Crippen molar-refractivity contribution in [1.29, 1.82) is 0 Å². The van der Waals surface area contributed by atoms with Gasteiger partial charge in [0.2, 0.25) is 0 Å². The minimum Gasteiger partial charge on any atom is -0.355 e. The minimum atomic E-state index is -4.77. The summed E-state index contributed by atoms with van der Waals surface area (Å²) in [6, 6.07) is 15.3. The van der Waals surface area contributed by atoms with Gasteiger partial charge in [-0.25, -0.2) is 4.21 Å². The monoisotopic (exact) mass is 425 g/mol. The second-order valence-electron chi connectivity index (χ2n) is 5.62. The van der Waals surface area contributed by atoms with Crippen molar-refractivity contribution in [3.05, 3.63) is 66.2 Å². The van der Waals surface area contributed by atoms with Gasteiger partial charge >= 0.3 is 6.18 Å². The first-order valence-electron chi connectivity index (χ1n) is 7.90. The number of benzene rings is 3. The number of alkyl halides is 3. The predicted octanol–water partition coefficient (Wildman–Crippen LogP) is 5.49. The molecule has 9 heteroatoms. The zero-order chi connectivity index (χ0) is 20.3. The van der Waals surface area contributed by atoms with Gasteiger partial charge in [-0.15, -0.1) is 11.8 Å². The maximum Gasteiger partial charge on any atom is 0.437 e. The quantitative estimate of drug-likeness (QED) is 0.254. The maximum absolute atomic E-state index is 13.5. The summed E-state index contributed by atoms with van der Waals surface area (Å²) in [5.41, 5.74) is -1.40. The molecular weight excluding hydrogens is 411 g/mol. The number of hydrogen-bond acceptors (Lipinski definition) is 4. The fraction of sp³-hybridized carbons (Fsp3) is 0.105. The summed E-state index contributed by atoms with van der Waals surface area (Å²) in [6.07, 6.45) is -2.95. The van der Waals surface area contributed by atoms with Crippen LogP contribution in [0, 0.1) is 0 Å². The van der Waals surface area contributed by atoms with E-state index < -0.39 is 23.0 Å². The van der Waals surface area contributed by atoms with Crippen LogP contribution in [0.3, 0.4) is 0 Å². The van der Waals surface area contributed by atoms with E-state index in [9.17, 15) is 21.9 Å². The van der Waals surface area contributed by atoms with Crippen LogP contribution in [0.25, 0.3) is 10.8 Å². The molecule has 0 fully saturated rings. The molecule has 3 aromatic rings. The second-order valence-corrected chi connectivity index (χ2v) is 7.41. The molecule has 0 spiro atoms.